The van der Waals surface area contributed by atoms with Gasteiger partial charge in [0.05, 0.1) is 23.7 Å². The first-order valence-corrected chi connectivity index (χ1v) is 14.0. The van der Waals surface area contributed by atoms with E-state index in [2.05, 4.69) is 0 Å². The second-order valence-electron chi connectivity index (χ2n) is 10.5. The predicted octanol–water partition coefficient (Wildman–Crippen LogP) is 6.25. The lowest BCUT2D eigenvalue weighted by Gasteiger charge is -2.42. The van der Waals surface area contributed by atoms with Gasteiger partial charge in [-0.3, -0.25) is 14.5 Å². The standard InChI is InChI=1S/C29H26F7N3O2S/c1-17-15-37(8-9-39(17)27(41)19-11-20(28(31,32)33)14-21(12-19)29(34,35)36)25(40)16-38-7-5-24-23(6-10-42-24)26(38)18-3-2-4-22(30)13-18/h2-4,6,10-14,17,26H,5,7-9,15-16H2,1H3. The Morgan fingerprint density at radius 1 is 0.929 bits per heavy atom. The van der Waals surface area contributed by atoms with Crippen LogP contribution in [-0.2, 0) is 23.6 Å². The summed E-state index contributed by atoms with van der Waals surface area (Å²) in [4.78, 5) is 32.4. The molecule has 3 heterocycles. The fraction of sp³-hybridized carbons (Fsp3) is 0.379. The maximum atomic E-state index is 14.1. The van der Waals surface area contributed by atoms with Crippen LogP contribution in [0.1, 0.15) is 50.5 Å². The molecule has 2 amide bonds. The fourth-order valence-corrected chi connectivity index (χ4v) is 6.51. The quantitative estimate of drug-likeness (QED) is 0.327. The number of carbonyl (C=O) groups is 2. The van der Waals surface area contributed by atoms with Crippen LogP contribution in [-0.4, -0.2) is 65.3 Å². The van der Waals surface area contributed by atoms with Crippen LogP contribution in [0, 0.1) is 5.82 Å². The molecule has 13 heteroatoms. The monoisotopic (exact) mass is 613 g/mol. The van der Waals surface area contributed by atoms with Crippen molar-refractivity contribution < 1.29 is 40.3 Å². The highest BCUT2D eigenvalue weighted by Gasteiger charge is 2.39. The van der Waals surface area contributed by atoms with E-state index in [0.29, 0.717) is 24.2 Å². The second-order valence-corrected chi connectivity index (χ2v) is 11.5. The van der Waals surface area contributed by atoms with E-state index in [1.54, 1.807) is 24.3 Å². The normalized spacial score (nSPS) is 20.0. The molecule has 0 N–H and O–H groups in total. The summed E-state index contributed by atoms with van der Waals surface area (Å²) in [6.45, 7) is 2.21. The zero-order chi connectivity index (χ0) is 30.4. The summed E-state index contributed by atoms with van der Waals surface area (Å²) >= 11 is 1.60. The van der Waals surface area contributed by atoms with E-state index >= 15 is 0 Å². The summed E-state index contributed by atoms with van der Waals surface area (Å²) in [5.41, 5.74) is -2.13. The Bertz CT molecular complexity index is 1450. The van der Waals surface area contributed by atoms with Crippen molar-refractivity contribution in [1.29, 1.82) is 0 Å². The number of thiophene rings is 1. The van der Waals surface area contributed by atoms with E-state index in [4.69, 9.17) is 0 Å². The molecule has 2 aliphatic rings. The number of carbonyl (C=O) groups excluding carboxylic acids is 2. The zero-order valence-electron chi connectivity index (χ0n) is 22.3. The van der Waals surface area contributed by atoms with Crippen LogP contribution < -0.4 is 0 Å². The van der Waals surface area contributed by atoms with Gasteiger partial charge in [0.15, 0.2) is 0 Å². The van der Waals surface area contributed by atoms with Gasteiger partial charge in [-0.1, -0.05) is 12.1 Å². The number of rotatable bonds is 4. The van der Waals surface area contributed by atoms with Gasteiger partial charge in [0.2, 0.25) is 5.91 Å². The van der Waals surface area contributed by atoms with Crippen molar-refractivity contribution in [3.8, 4) is 0 Å². The predicted molar refractivity (Wildman–Crippen MR) is 141 cm³/mol. The average molecular weight is 614 g/mol. The number of hydrogen-bond acceptors (Lipinski definition) is 4. The molecule has 3 aromatic rings. The van der Waals surface area contributed by atoms with E-state index in [0.717, 1.165) is 16.9 Å². The Morgan fingerprint density at radius 2 is 1.62 bits per heavy atom. The highest BCUT2D eigenvalue weighted by molar-refractivity contribution is 7.10. The highest BCUT2D eigenvalue weighted by Crippen LogP contribution is 2.39. The SMILES string of the molecule is CC1CN(C(=O)CN2CCc3sccc3C2c2cccc(F)c2)CCN1C(=O)c1cc(C(F)(F)F)cc(C(F)(F)F)c1. The molecule has 1 fully saturated rings. The lowest BCUT2D eigenvalue weighted by molar-refractivity contribution is -0.143. The van der Waals surface area contributed by atoms with Crippen molar-refractivity contribution in [3.05, 3.63) is 92.4 Å². The Hall–Kier alpha value is -3.45. The van der Waals surface area contributed by atoms with Crippen molar-refractivity contribution in [1.82, 2.24) is 14.7 Å². The maximum Gasteiger partial charge on any atom is 0.416 e. The number of piperazine rings is 1. The molecule has 5 nitrogen and oxygen atoms in total. The molecule has 1 aromatic heterocycles. The van der Waals surface area contributed by atoms with E-state index in [9.17, 15) is 40.3 Å². The largest absolute Gasteiger partial charge is 0.416 e. The van der Waals surface area contributed by atoms with Gasteiger partial charge >= 0.3 is 12.4 Å². The van der Waals surface area contributed by atoms with Crippen molar-refractivity contribution in [2.45, 2.75) is 37.8 Å². The summed E-state index contributed by atoms with van der Waals surface area (Å²) in [6, 6.07) is 8.01. The van der Waals surface area contributed by atoms with Gasteiger partial charge in [-0.05, 0) is 66.2 Å². The fourth-order valence-electron chi connectivity index (χ4n) is 5.61. The molecule has 1 saturated heterocycles. The number of amides is 2. The summed E-state index contributed by atoms with van der Waals surface area (Å²) < 4.78 is 94.0. The summed E-state index contributed by atoms with van der Waals surface area (Å²) in [6.07, 6.45) is -9.43. The second kappa shape index (κ2) is 11.3. The first kappa shape index (κ1) is 30.0. The number of hydrogen-bond donors (Lipinski definition) is 0. The van der Waals surface area contributed by atoms with Gasteiger partial charge in [0.1, 0.15) is 5.82 Å². The van der Waals surface area contributed by atoms with Crippen LogP contribution >= 0.6 is 11.3 Å². The van der Waals surface area contributed by atoms with E-state index < -0.39 is 41.0 Å². The Morgan fingerprint density at radius 3 is 2.24 bits per heavy atom. The highest BCUT2D eigenvalue weighted by atomic mass is 32.1. The van der Waals surface area contributed by atoms with Crippen molar-refractivity contribution in [2.24, 2.45) is 0 Å². The van der Waals surface area contributed by atoms with Crippen LogP contribution in [0.4, 0.5) is 30.7 Å². The number of halogens is 7. The van der Waals surface area contributed by atoms with Gasteiger partial charge in [0.25, 0.3) is 5.91 Å². The summed E-state index contributed by atoms with van der Waals surface area (Å²) in [5.74, 6) is -1.61. The van der Waals surface area contributed by atoms with Crippen molar-refractivity contribution >= 4 is 23.2 Å². The maximum absolute atomic E-state index is 14.1. The number of benzene rings is 2. The Labute approximate surface area is 241 Å². The molecular formula is C29H26F7N3O2S. The molecule has 2 aromatic carbocycles. The Kier molecular flexibility index (Phi) is 8.10. The molecule has 0 radical (unpaired) electrons. The van der Waals surface area contributed by atoms with Crippen LogP contribution in [0.25, 0.3) is 0 Å². The van der Waals surface area contributed by atoms with Gasteiger partial charge < -0.3 is 9.80 Å². The molecule has 2 unspecified atom stereocenters. The number of alkyl halides is 6. The van der Waals surface area contributed by atoms with E-state index in [1.165, 1.54) is 21.9 Å². The molecule has 2 aliphatic heterocycles. The molecule has 0 saturated carbocycles. The lowest BCUT2D eigenvalue weighted by atomic mass is 9.93. The Balaban J connectivity index is 1.30. The average Bonchev–Trinajstić information content (AvgIpc) is 3.40. The van der Waals surface area contributed by atoms with Gasteiger partial charge in [0, 0.05) is 42.7 Å². The molecule has 0 bridgehead atoms. The smallest absolute Gasteiger partial charge is 0.338 e. The van der Waals surface area contributed by atoms with Crippen molar-refractivity contribution in [3.63, 3.8) is 0 Å². The third-order valence-corrected chi connectivity index (χ3v) is 8.64. The zero-order valence-corrected chi connectivity index (χ0v) is 23.1. The van der Waals surface area contributed by atoms with Crippen molar-refractivity contribution in [2.75, 3.05) is 32.7 Å². The number of nitrogens with zero attached hydrogens (tertiary/aromatic N) is 3. The molecule has 5 rings (SSSR count). The molecule has 0 aliphatic carbocycles. The van der Waals surface area contributed by atoms with Crippen LogP contribution in [0.5, 0.6) is 0 Å². The topological polar surface area (TPSA) is 43.9 Å². The molecule has 0 spiro atoms. The number of fused-ring (bicyclic) bond motifs is 1. The van der Waals surface area contributed by atoms with Gasteiger partial charge in [-0.2, -0.15) is 26.3 Å². The van der Waals surface area contributed by atoms with Gasteiger partial charge in [-0.25, -0.2) is 4.39 Å². The first-order valence-electron chi connectivity index (χ1n) is 13.2. The van der Waals surface area contributed by atoms with Crippen LogP contribution in [0.2, 0.25) is 0 Å². The van der Waals surface area contributed by atoms with Crippen LogP contribution in [0.3, 0.4) is 0 Å². The lowest BCUT2D eigenvalue weighted by Crippen LogP contribution is -2.57. The summed E-state index contributed by atoms with van der Waals surface area (Å²) in [7, 11) is 0. The minimum Gasteiger partial charge on any atom is -0.338 e. The summed E-state index contributed by atoms with van der Waals surface area (Å²) in [5, 5.41) is 1.96. The third-order valence-electron chi connectivity index (χ3n) is 7.64. The third kappa shape index (κ3) is 6.17. The molecular weight excluding hydrogens is 587 g/mol. The molecule has 42 heavy (non-hydrogen) atoms. The van der Waals surface area contributed by atoms with E-state index in [-0.39, 0.29) is 50.0 Å². The molecule has 224 valence electrons. The first-order chi connectivity index (χ1) is 19.7. The van der Waals surface area contributed by atoms with Crippen LogP contribution in [0.15, 0.2) is 53.9 Å². The van der Waals surface area contributed by atoms with E-state index in [1.807, 2.05) is 22.4 Å². The minimum absolute atomic E-state index is 0.0136. The minimum atomic E-state index is -5.07. The molecule has 2 atom stereocenters. The van der Waals surface area contributed by atoms with Gasteiger partial charge in [-0.15, -0.1) is 11.3 Å².